The number of anilines is 2. The van der Waals surface area contributed by atoms with Crippen molar-refractivity contribution in [2.45, 2.75) is 6.54 Å². The van der Waals surface area contributed by atoms with Gasteiger partial charge in [0.2, 0.25) is 0 Å². The van der Waals surface area contributed by atoms with Crippen molar-refractivity contribution in [2.75, 3.05) is 18.2 Å². The third kappa shape index (κ3) is 2.60. The number of hydrogen-bond donors (Lipinski definition) is 3. The number of ether oxygens (including phenoxy) is 1. The van der Waals surface area contributed by atoms with Crippen LogP contribution in [-0.4, -0.2) is 17.1 Å². The van der Waals surface area contributed by atoms with Crippen molar-refractivity contribution < 1.29 is 4.74 Å². The molecule has 2 heterocycles. The van der Waals surface area contributed by atoms with Crippen LogP contribution in [0.4, 0.5) is 11.4 Å². The summed E-state index contributed by atoms with van der Waals surface area (Å²) in [4.78, 5) is 8.45. The largest absolute Gasteiger partial charge is 0.496 e. The number of benzene rings is 3. The Morgan fingerprint density at radius 2 is 1.79 bits per heavy atom. The first-order valence-corrected chi connectivity index (χ1v) is 9.20. The fourth-order valence-electron chi connectivity index (χ4n) is 3.74. The third-order valence-corrected chi connectivity index (χ3v) is 5.10. The molecule has 3 aromatic carbocycles. The molecule has 0 spiro atoms. The number of nitrogen functional groups attached to an aromatic ring is 1. The van der Waals surface area contributed by atoms with Crippen LogP contribution < -0.4 is 15.8 Å². The lowest BCUT2D eigenvalue weighted by Gasteiger charge is -2.14. The van der Waals surface area contributed by atoms with Crippen LogP contribution in [0.25, 0.3) is 32.8 Å². The molecule has 0 saturated carbocycles. The monoisotopic (exact) mass is 368 g/mol. The Labute approximate surface area is 162 Å². The zero-order valence-corrected chi connectivity index (χ0v) is 15.5. The maximum absolute atomic E-state index is 5.89. The number of para-hydroxylation sites is 2. The van der Waals surface area contributed by atoms with Gasteiger partial charge in [-0.3, -0.25) is 0 Å². The Balaban J connectivity index is 1.68. The maximum atomic E-state index is 5.89. The Kier molecular flexibility index (Phi) is 3.79. The van der Waals surface area contributed by atoms with Gasteiger partial charge in [-0.05, 0) is 18.2 Å². The number of aromatic amines is 1. The highest BCUT2D eigenvalue weighted by Gasteiger charge is 2.14. The molecule has 0 amide bonds. The molecule has 0 saturated heterocycles. The SMILES string of the molecule is COc1cc(N)ccc1CNc1c2ccccc2nc2c1[nH]c1ccccc12. The molecule has 2 aromatic heterocycles. The predicted octanol–water partition coefficient (Wildman–Crippen LogP) is 5.07. The predicted molar refractivity (Wildman–Crippen MR) is 116 cm³/mol. The van der Waals surface area contributed by atoms with E-state index in [1.165, 1.54) is 0 Å². The molecule has 0 unspecified atom stereocenters. The van der Waals surface area contributed by atoms with Crippen molar-refractivity contribution >= 4 is 44.2 Å². The number of pyridine rings is 1. The summed E-state index contributed by atoms with van der Waals surface area (Å²) in [5, 5.41) is 5.81. The second kappa shape index (κ2) is 6.46. The van der Waals surface area contributed by atoms with Gasteiger partial charge in [0.1, 0.15) is 5.75 Å². The van der Waals surface area contributed by atoms with Crippen molar-refractivity contribution in [1.29, 1.82) is 0 Å². The summed E-state index contributed by atoms with van der Waals surface area (Å²) < 4.78 is 5.50. The van der Waals surface area contributed by atoms with Gasteiger partial charge < -0.3 is 20.8 Å². The number of rotatable bonds is 4. The van der Waals surface area contributed by atoms with Crippen LogP contribution in [-0.2, 0) is 6.54 Å². The molecule has 0 aliphatic carbocycles. The van der Waals surface area contributed by atoms with Crippen LogP contribution in [0.15, 0.2) is 66.7 Å². The Hall–Kier alpha value is -3.73. The van der Waals surface area contributed by atoms with Gasteiger partial charge in [0, 0.05) is 40.2 Å². The molecular weight excluding hydrogens is 348 g/mol. The summed E-state index contributed by atoms with van der Waals surface area (Å²) in [5.41, 5.74) is 12.7. The number of nitrogens with one attached hydrogen (secondary N) is 2. The molecule has 0 aliphatic heterocycles. The van der Waals surface area contributed by atoms with Crippen LogP contribution in [0, 0.1) is 0 Å². The van der Waals surface area contributed by atoms with E-state index in [4.69, 9.17) is 15.5 Å². The molecular formula is C23H20N4O. The topological polar surface area (TPSA) is 76.0 Å². The molecule has 5 heteroatoms. The van der Waals surface area contributed by atoms with E-state index in [2.05, 4.69) is 28.5 Å². The molecule has 5 aromatic rings. The van der Waals surface area contributed by atoms with Crippen LogP contribution in [0.5, 0.6) is 5.75 Å². The fraction of sp³-hybridized carbons (Fsp3) is 0.0870. The molecule has 0 bridgehead atoms. The summed E-state index contributed by atoms with van der Waals surface area (Å²) in [7, 11) is 1.66. The number of fused-ring (bicyclic) bond motifs is 4. The maximum Gasteiger partial charge on any atom is 0.125 e. The summed E-state index contributed by atoms with van der Waals surface area (Å²) >= 11 is 0. The zero-order valence-electron chi connectivity index (χ0n) is 15.5. The highest BCUT2D eigenvalue weighted by Crippen LogP contribution is 2.35. The Morgan fingerprint density at radius 3 is 2.64 bits per heavy atom. The lowest BCUT2D eigenvalue weighted by Crippen LogP contribution is -2.04. The average Bonchev–Trinajstić information content (AvgIpc) is 3.10. The van der Waals surface area contributed by atoms with E-state index in [9.17, 15) is 0 Å². The van der Waals surface area contributed by atoms with Crippen molar-refractivity contribution in [2.24, 2.45) is 0 Å². The van der Waals surface area contributed by atoms with Gasteiger partial charge in [-0.15, -0.1) is 0 Å². The van der Waals surface area contributed by atoms with E-state index in [1.807, 2.05) is 48.5 Å². The first kappa shape index (κ1) is 16.4. The Bertz CT molecular complexity index is 1320. The highest BCUT2D eigenvalue weighted by molar-refractivity contribution is 6.15. The van der Waals surface area contributed by atoms with E-state index in [1.54, 1.807) is 7.11 Å². The van der Waals surface area contributed by atoms with E-state index in [0.717, 1.165) is 49.8 Å². The molecule has 0 radical (unpaired) electrons. The minimum atomic E-state index is 0.613. The molecule has 5 rings (SSSR count). The summed E-state index contributed by atoms with van der Waals surface area (Å²) in [5.74, 6) is 0.777. The second-order valence-electron chi connectivity index (χ2n) is 6.82. The van der Waals surface area contributed by atoms with Crippen LogP contribution in [0.2, 0.25) is 0 Å². The van der Waals surface area contributed by atoms with Crippen molar-refractivity contribution in [1.82, 2.24) is 9.97 Å². The van der Waals surface area contributed by atoms with E-state index >= 15 is 0 Å². The smallest absolute Gasteiger partial charge is 0.125 e. The van der Waals surface area contributed by atoms with E-state index < -0.39 is 0 Å². The fourth-order valence-corrected chi connectivity index (χ4v) is 3.74. The molecule has 4 N–H and O–H groups in total. The van der Waals surface area contributed by atoms with Crippen LogP contribution in [0.3, 0.4) is 0 Å². The van der Waals surface area contributed by atoms with Crippen molar-refractivity contribution in [3.8, 4) is 5.75 Å². The van der Waals surface area contributed by atoms with Gasteiger partial charge in [0.15, 0.2) is 0 Å². The minimum Gasteiger partial charge on any atom is -0.496 e. The molecule has 138 valence electrons. The lowest BCUT2D eigenvalue weighted by molar-refractivity contribution is 0.410. The molecule has 0 aliphatic rings. The number of methoxy groups -OCH3 is 1. The first-order valence-electron chi connectivity index (χ1n) is 9.20. The Morgan fingerprint density at radius 1 is 1.00 bits per heavy atom. The van der Waals surface area contributed by atoms with E-state index in [0.29, 0.717) is 12.2 Å². The second-order valence-corrected chi connectivity index (χ2v) is 6.82. The zero-order chi connectivity index (χ0) is 19.1. The van der Waals surface area contributed by atoms with Crippen LogP contribution >= 0.6 is 0 Å². The molecule has 5 nitrogen and oxygen atoms in total. The standard InChI is InChI=1S/C23H20N4O/c1-28-20-12-15(24)11-10-14(20)13-25-21-16-6-2-4-8-18(16)26-22-17-7-3-5-9-19(17)27-23(21)22/h2-12,27H,13,24H2,1H3,(H,25,26). The number of H-pyrrole nitrogens is 1. The molecule has 0 fully saturated rings. The summed E-state index contributed by atoms with van der Waals surface area (Å²) in [6.07, 6.45) is 0. The van der Waals surface area contributed by atoms with Crippen molar-refractivity contribution in [3.63, 3.8) is 0 Å². The third-order valence-electron chi connectivity index (χ3n) is 5.10. The van der Waals surface area contributed by atoms with Gasteiger partial charge in [-0.1, -0.05) is 42.5 Å². The first-order chi connectivity index (χ1) is 13.7. The quantitative estimate of drug-likeness (QED) is 0.387. The van der Waals surface area contributed by atoms with Crippen molar-refractivity contribution in [3.05, 3.63) is 72.3 Å². The van der Waals surface area contributed by atoms with Gasteiger partial charge in [-0.2, -0.15) is 0 Å². The highest BCUT2D eigenvalue weighted by atomic mass is 16.5. The number of aromatic nitrogens is 2. The average molecular weight is 368 g/mol. The van der Waals surface area contributed by atoms with Gasteiger partial charge in [-0.25, -0.2) is 4.98 Å². The van der Waals surface area contributed by atoms with Gasteiger partial charge in [0.05, 0.1) is 29.3 Å². The number of nitrogens with two attached hydrogens (primary N) is 1. The minimum absolute atomic E-state index is 0.613. The number of nitrogens with zero attached hydrogens (tertiary/aromatic N) is 1. The molecule has 0 atom stereocenters. The van der Waals surface area contributed by atoms with Crippen LogP contribution in [0.1, 0.15) is 5.56 Å². The van der Waals surface area contributed by atoms with Gasteiger partial charge >= 0.3 is 0 Å². The van der Waals surface area contributed by atoms with E-state index in [-0.39, 0.29) is 0 Å². The van der Waals surface area contributed by atoms with Gasteiger partial charge in [0.25, 0.3) is 0 Å². The normalized spacial score (nSPS) is 11.3. The lowest BCUT2D eigenvalue weighted by atomic mass is 10.1. The summed E-state index contributed by atoms with van der Waals surface area (Å²) in [6, 6.07) is 22.2. The number of hydrogen-bond acceptors (Lipinski definition) is 4. The summed E-state index contributed by atoms with van der Waals surface area (Å²) in [6.45, 7) is 0.613. The molecule has 28 heavy (non-hydrogen) atoms.